The third-order valence-electron chi connectivity index (χ3n) is 3.99. The lowest BCUT2D eigenvalue weighted by Crippen LogP contribution is -2.37. The van der Waals surface area contributed by atoms with Gasteiger partial charge in [-0.15, -0.1) is 0 Å². The van der Waals surface area contributed by atoms with Gasteiger partial charge in [-0.2, -0.15) is 5.10 Å². The van der Waals surface area contributed by atoms with Crippen molar-refractivity contribution in [2.45, 2.75) is 72.9 Å². The van der Waals surface area contributed by atoms with Gasteiger partial charge in [-0.1, -0.05) is 34.1 Å². The van der Waals surface area contributed by atoms with Crippen molar-refractivity contribution in [1.29, 1.82) is 0 Å². The van der Waals surface area contributed by atoms with E-state index in [1.54, 1.807) is 0 Å². The maximum Gasteiger partial charge on any atom is 0.0624 e. The largest absolute Gasteiger partial charge is 0.313 e. The van der Waals surface area contributed by atoms with E-state index in [0.717, 1.165) is 25.9 Å². The maximum absolute atomic E-state index is 4.65. The molecular weight excluding hydrogens is 234 g/mol. The summed E-state index contributed by atoms with van der Waals surface area (Å²) in [7, 11) is 0. The number of hydrogen-bond donors (Lipinski definition) is 1. The monoisotopic (exact) mass is 265 g/mol. The van der Waals surface area contributed by atoms with Crippen molar-refractivity contribution >= 4 is 0 Å². The molecule has 0 aliphatic rings. The topological polar surface area (TPSA) is 29.9 Å². The molecule has 2 atom stereocenters. The minimum absolute atomic E-state index is 0.566. The van der Waals surface area contributed by atoms with Crippen LogP contribution in [-0.4, -0.2) is 22.4 Å². The lowest BCUT2D eigenvalue weighted by atomic mass is 9.94. The molecule has 2 unspecified atom stereocenters. The van der Waals surface area contributed by atoms with Gasteiger partial charge in [0, 0.05) is 24.7 Å². The van der Waals surface area contributed by atoms with E-state index < -0.39 is 0 Å². The van der Waals surface area contributed by atoms with Gasteiger partial charge in [0.1, 0.15) is 0 Å². The molecule has 3 heteroatoms. The summed E-state index contributed by atoms with van der Waals surface area (Å²) < 4.78 is 2.17. The van der Waals surface area contributed by atoms with Crippen molar-refractivity contribution in [2.24, 2.45) is 5.92 Å². The highest BCUT2D eigenvalue weighted by atomic mass is 15.3. The summed E-state index contributed by atoms with van der Waals surface area (Å²) in [5, 5.41) is 8.36. The Bertz CT molecular complexity index is 357. The number of aryl methyl sites for hydroxylation is 2. The minimum Gasteiger partial charge on any atom is -0.313 e. The molecule has 0 aromatic carbocycles. The van der Waals surface area contributed by atoms with E-state index in [4.69, 9.17) is 0 Å². The zero-order chi connectivity index (χ0) is 14.3. The number of nitrogens with one attached hydrogen (secondary N) is 1. The first-order valence-electron chi connectivity index (χ1n) is 7.95. The molecule has 1 N–H and O–H groups in total. The molecule has 0 fully saturated rings. The molecule has 1 aromatic rings. The predicted molar refractivity (Wildman–Crippen MR) is 82.5 cm³/mol. The SMILES string of the molecule is CCCNC(Cc1cc(CC)nn1CC)C(C)CC. The van der Waals surface area contributed by atoms with Crippen molar-refractivity contribution in [2.75, 3.05) is 6.54 Å². The number of nitrogens with zero attached hydrogens (tertiary/aromatic N) is 2. The van der Waals surface area contributed by atoms with E-state index in [1.807, 2.05) is 0 Å². The van der Waals surface area contributed by atoms with Crippen molar-refractivity contribution < 1.29 is 0 Å². The van der Waals surface area contributed by atoms with Crippen LogP contribution in [0.25, 0.3) is 0 Å². The number of aromatic nitrogens is 2. The van der Waals surface area contributed by atoms with E-state index in [2.05, 4.69) is 55.8 Å². The van der Waals surface area contributed by atoms with E-state index in [1.165, 1.54) is 24.2 Å². The van der Waals surface area contributed by atoms with Crippen molar-refractivity contribution in [3.05, 3.63) is 17.5 Å². The van der Waals surface area contributed by atoms with Gasteiger partial charge in [-0.3, -0.25) is 4.68 Å². The summed E-state index contributed by atoms with van der Waals surface area (Å²) >= 11 is 0. The Kier molecular flexibility index (Phi) is 7.14. The fourth-order valence-electron chi connectivity index (χ4n) is 2.44. The Morgan fingerprint density at radius 2 is 2.00 bits per heavy atom. The molecule has 0 saturated carbocycles. The Labute approximate surface area is 118 Å². The molecule has 1 heterocycles. The summed E-state index contributed by atoms with van der Waals surface area (Å²) in [5.41, 5.74) is 2.60. The molecule has 0 aliphatic carbocycles. The zero-order valence-corrected chi connectivity index (χ0v) is 13.4. The van der Waals surface area contributed by atoms with Crippen LogP contribution in [0.5, 0.6) is 0 Å². The first kappa shape index (κ1) is 16.2. The van der Waals surface area contributed by atoms with Gasteiger partial charge < -0.3 is 5.32 Å². The molecule has 0 saturated heterocycles. The van der Waals surface area contributed by atoms with Gasteiger partial charge in [0.2, 0.25) is 0 Å². The average Bonchev–Trinajstić information content (AvgIpc) is 2.84. The standard InChI is InChI=1S/C16H31N3/c1-6-10-17-16(13(5)7-2)12-15-11-14(8-3)18-19(15)9-4/h11,13,16-17H,6-10,12H2,1-5H3. The number of rotatable bonds is 9. The van der Waals surface area contributed by atoms with E-state index in [0.29, 0.717) is 12.0 Å². The molecular formula is C16H31N3. The van der Waals surface area contributed by atoms with E-state index in [-0.39, 0.29) is 0 Å². The van der Waals surface area contributed by atoms with Gasteiger partial charge in [0.05, 0.1) is 5.69 Å². The van der Waals surface area contributed by atoms with Crippen molar-refractivity contribution in [1.82, 2.24) is 15.1 Å². The lowest BCUT2D eigenvalue weighted by Gasteiger charge is -2.24. The zero-order valence-electron chi connectivity index (χ0n) is 13.4. The molecule has 3 nitrogen and oxygen atoms in total. The first-order chi connectivity index (χ1) is 9.15. The number of hydrogen-bond acceptors (Lipinski definition) is 2. The highest BCUT2D eigenvalue weighted by Gasteiger charge is 2.18. The first-order valence-corrected chi connectivity index (χ1v) is 7.95. The third-order valence-corrected chi connectivity index (χ3v) is 3.99. The second kappa shape index (κ2) is 8.36. The van der Waals surface area contributed by atoms with Crippen LogP contribution in [0, 0.1) is 5.92 Å². The lowest BCUT2D eigenvalue weighted by molar-refractivity contribution is 0.357. The smallest absolute Gasteiger partial charge is 0.0624 e. The van der Waals surface area contributed by atoms with Crippen LogP contribution in [0.2, 0.25) is 0 Å². The summed E-state index contributed by atoms with van der Waals surface area (Å²) in [5.74, 6) is 0.705. The molecule has 0 amide bonds. The summed E-state index contributed by atoms with van der Waals surface area (Å²) in [6, 6.07) is 2.85. The fraction of sp³-hybridized carbons (Fsp3) is 0.812. The molecule has 0 spiro atoms. The van der Waals surface area contributed by atoms with Crippen molar-refractivity contribution in [3.8, 4) is 0 Å². The van der Waals surface area contributed by atoms with Gasteiger partial charge >= 0.3 is 0 Å². The summed E-state index contributed by atoms with van der Waals surface area (Å²) in [4.78, 5) is 0. The predicted octanol–water partition coefficient (Wildman–Crippen LogP) is 3.42. The summed E-state index contributed by atoms with van der Waals surface area (Å²) in [6.45, 7) is 13.3. The fourth-order valence-corrected chi connectivity index (χ4v) is 2.44. The second-order valence-electron chi connectivity index (χ2n) is 5.45. The van der Waals surface area contributed by atoms with Crippen LogP contribution in [0.15, 0.2) is 6.07 Å². The van der Waals surface area contributed by atoms with Gasteiger partial charge in [-0.25, -0.2) is 0 Å². The Balaban J connectivity index is 2.79. The van der Waals surface area contributed by atoms with Gasteiger partial charge in [0.25, 0.3) is 0 Å². The molecule has 19 heavy (non-hydrogen) atoms. The van der Waals surface area contributed by atoms with Crippen molar-refractivity contribution in [3.63, 3.8) is 0 Å². The highest BCUT2D eigenvalue weighted by molar-refractivity contribution is 5.12. The Morgan fingerprint density at radius 3 is 2.53 bits per heavy atom. The quantitative estimate of drug-likeness (QED) is 0.741. The normalized spacial score (nSPS) is 14.6. The van der Waals surface area contributed by atoms with E-state index >= 15 is 0 Å². The molecule has 1 aromatic heterocycles. The van der Waals surface area contributed by atoms with Crippen LogP contribution in [0.3, 0.4) is 0 Å². The Hall–Kier alpha value is -0.830. The third kappa shape index (κ3) is 4.64. The molecule has 0 radical (unpaired) electrons. The van der Waals surface area contributed by atoms with Gasteiger partial charge in [-0.05, 0) is 38.3 Å². The summed E-state index contributed by atoms with van der Waals surface area (Å²) in [6.07, 6.45) is 4.54. The Morgan fingerprint density at radius 1 is 1.26 bits per heavy atom. The van der Waals surface area contributed by atoms with Crippen LogP contribution in [0.1, 0.15) is 58.8 Å². The van der Waals surface area contributed by atoms with Crippen LogP contribution >= 0.6 is 0 Å². The molecule has 110 valence electrons. The minimum atomic E-state index is 0.566. The molecule has 1 rings (SSSR count). The maximum atomic E-state index is 4.65. The van der Waals surface area contributed by atoms with Crippen LogP contribution < -0.4 is 5.32 Å². The van der Waals surface area contributed by atoms with E-state index in [9.17, 15) is 0 Å². The van der Waals surface area contributed by atoms with Crippen LogP contribution in [-0.2, 0) is 19.4 Å². The second-order valence-corrected chi connectivity index (χ2v) is 5.45. The van der Waals surface area contributed by atoms with Crippen LogP contribution in [0.4, 0.5) is 0 Å². The van der Waals surface area contributed by atoms with Gasteiger partial charge in [0.15, 0.2) is 0 Å². The molecule has 0 bridgehead atoms. The molecule has 0 aliphatic heterocycles. The highest BCUT2D eigenvalue weighted by Crippen LogP contribution is 2.15. The average molecular weight is 265 g/mol.